The summed E-state index contributed by atoms with van der Waals surface area (Å²) in [5, 5.41) is 17.6. The molecule has 13 heavy (non-hydrogen) atoms. The maximum Gasteiger partial charge on any atom is 0.354 e. The van der Waals surface area contributed by atoms with Crippen LogP contribution in [0.4, 0.5) is 0 Å². The van der Waals surface area contributed by atoms with Crippen LogP contribution in [-0.4, -0.2) is 27.3 Å². The van der Waals surface area contributed by atoms with E-state index in [1.54, 1.807) is 13.0 Å². The van der Waals surface area contributed by atoms with Crippen molar-refractivity contribution in [1.82, 2.24) is 4.98 Å². The van der Waals surface area contributed by atoms with E-state index in [1.165, 1.54) is 12.3 Å². The van der Waals surface area contributed by atoms with Gasteiger partial charge in [-0.2, -0.15) is 0 Å². The van der Waals surface area contributed by atoms with Gasteiger partial charge in [-0.15, -0.1) is 0 Å². The van der Waals surface area contributed by atoms with Crippen LogP contribution in [0.5, 0.6) is 0 Å². The van der Waals surface area contributed by atoms with Crippen molar-refractivity contribution in [1.29, 1.82) is 0 Å². The van der Waals surface area contributed by atoms with E-state index in [1.807, 2.05) is 0 Å². The number of hydrogen-bond donors (Lipinski definition) is 2. The van der Waals surface area contributed by atoms with E-state index in [4.69, 9.17) is 10.2 Å². The second-order valence-electron chi connectivity index (χ2n) is 2.91. The molecule has 0 saturated heterocycles. The van der Waals surface area contributed by atoms with Gasteiger partial charge in [-0.05, 0) is 25.0 Å². The average Bonchev–Trinajstić information content (AvgIpc) is 2.04. The van der Waals surface area contributed by atoms with E-state index < -0.39 is 12.1 Å². The first-order valence-electron chi connectivity index (χ1n) is 3.96. The number of aromatic nitrogens is 1. The summed E-state index contributed by atoms with van der Waals surface area (Å²) in [5.74, 6) is -1.04. The van der Waals surface area contributed by atoms with E-state index in [2.05, 4.69) is 4.98 Å². The molecule has 4 nitrogen and oxygen atoms in total. The number of nitrogens with zero attached hydrogens (tertiary/aromatic N) is 1. The molecule has 0 spiro atoms. The lowest BCUT2D eigenvalue weighted by Gasteiger charge is -2.03. The smallest absolute Gasteiger partial charge is 0.354 e. The summed E-state index contributed by atoms with van der Waals surface area (Å²) in [4.78, 5) is 14.1. The molecule has 0 saturated carbocycles. The van der Waals surface area contributed by atoms with Crippen LogP contribution in [0, 0.1) is 0 Å². The van der Waals surface area contributed by atoms with Crippen molar-refractivity contribution in [2.75, 3.05) is 0 Å². The van der Waals surface area contributed by atoms with E-state index in [0.29, 0.717) is 6.42 Å². The number of carboxylic acids is 1. The summed E-state index contributed by atoms with van der Waals surface area (Å²) in [6.07, 6.45) is 1.53. The fourth-order valence-corrected chi connectivity index (χ4v) is 1.01. The lowest BCUT2D eigenvalue weighted by Crippen LogP contribution is -2.06. The summed E-state index contributed by atoms with van der Waals surface area (Å²) in [7, 11) is 0. The van der Waals surface area contributed by atoms with Crippen molar-refractivity contribution in [2.24, 2.45) is 0 Å². The Balaban J connectivity index is 2.75. The highest BCUT2D eigenvalue weighted by Gasteiger charge is 2.04. The number of pyridine rings is 1. The molecule has 1 aromatic heterocycles. The monoisotopic (exact) mass is 181 g/mol. The lowest BCUT2D eigenvalue weighted by molar-refractivity contribution is 0.0690. The molecule has 0 aliphatic heterocycles. The van der Waals surface area contributed by atoms with Gasteiger partial charge in [-0.25, -0.2) is 9.78 Å². The first-order valence-corrected chi connectivity index (χ1v) is 3.96. The molecule has 0 amide bonds. The third-order valence-corrected chi connectivity index (χ3v) is 1.57. The molecule has 1 heterocycles. The highest BCUT2D eigenvalue weighted by Crippen LogP contribution is 2.03. The van der Waals surface area contributed by atoms with Gasteiger partial charge in [-0.1, -0.05) is 6.07 Å². The summed E-state index contributed by atoms with van der Waals surface area (Å²) in [6, 6.07) is 3.09. The van der Waals surface area contributed by atoms with Crippen molar-refractivity contribution in [3.8, 4) is 0 Å². The van der Waals surface area contributed by atoms with Crippen LogP contribution >= 0.6 is 0 Å². The summed E-state index contributed by atoms with van der Waals surface area (Å²) in [6.45, 7) is 1.67. The Morgan fingerprint density at radius 2 is 2.31 bits per heavy atom. The normalized spacial score (nSPS) is 12.5. The van der Waals surface area contributed by atoms with Crippen LogP contribution in [0.15, 0.2) is 18.3 Å². The number of aliphatic hydroxyl groups excluding tert-OH is 1. The SMILES string of the molecule is CC(O)Cc1ccc(C(=O)O)nc1. The van der Waals surface area contributed by atoms with Crippen LogP contribution in [0.3, 0.4) is 0 Å². The van der Waals surface area contributed by atoms with Crippen LogP contribution in [-0.2, 0) is 6.42 Å². The molecule has 1 unspecified atom stereocenters. The molecular weight excluding hydrogens is 170 g/mol. The Hall–Kier alpha value is -1.42. The zero-order valence-corrected chi connectivity index (χ0v) is 7.27. The predicted octanol–water partition coefficient (Wildman–Crippen LogP) is 0.703. The second kappa shape index (κ2) is 4.00. The van der Waals surface area contributed by atoms with E-state index in [9.17, 15) is 4.79 Å². The summed E-state index contributed by atoms with van der Waals surface area (Å²) in [5.41, 5.74) is 0.856. The molecule has 0 aromatic carbocycles. The number of carboxylic acid groups (broad SMARTS) is 1. The van der Waals surface area contributed by atoms with Gasteiger partial charge in [0.05, 0.1) is 6.10 Å². The van der Waals surface area contributed by atoms with Gasteiger partial charge in [-0.3, -0.25) is 0 Å². The molecule has 0 bridgehead atoms. The highest BCUT2D eigenvalue weighted by atomic mass is 16.4. The van der Waals surface area contributed by atoms with Crippen LogP contribution in [0.2, 0.25) is 0 Å². The molecule has 2 N–H and O–H groups in total. The minimum absolute atomic E-state index is 0.0225. The van der Waals surface area contributed by atoms with Gasteiger partial charge in [0.1, 0.15) is 5.69 Å². The fourth-order valence-electron chi connectivity index (χ4n) is 1.01. The minimum atomic E-state index is -1.04. The average molecular weight is 181 g/mol. The molecule has 1 aromatic rings. The Bertz CT molecular complexity index is 292. The number of carbonyl (C=O) groups is 1. The number of rotatable bonds is 3. The third-order valence-electron chi connectivity index (χ3n) is 1.57. The molecule has 0 aliphatic rings. The first-order chi connectivity index (χ1) is 6.09. The van der Waals surface area contributed by atoms with Crippen molar-refractivity contribution in [2.45, 2.75) is 19.4 Å². The van der Waals surface area contributed by atoms with Gasteiger partial charge in [0, 0.05) is 6.20 Å². The molecule has 0 aliphatic carbocycles. The van der Waals surface area contributed by atoms with Crippen molar-refractivity contribution >= 4 is 5.97 Å². The minimum Gasteiger partial charge on any atom is -0.477 e. The van der Waals surface area contributed by atoms with Crippen LogP contribution in [0.1, 0.15) is 23.0 Å². The van der Waals surface area contributed by atoms with Crippen LogP contribution < -0.4 is 0 Å². The standard InChI is InChI=1S/C9H11NO3/c1-6(11)4-7-2-3-8(9(12)13)10-5-7/h2-3,5-6,11H,4H2,1H3,(H,12,13). The van der Waals surface area contributed by atoms with Crippen LogP contribution in [0.25, 0.3) is 0 Å². The fraction of sp³-hybridized carbons (Fsp3) is 0.333. The molecule has 0 radical (unpaired) electrons. The molecular formula is C9H11NO3. The van der Waals surface area contributed by atoms with E-state index in [-0.39, 0.29) is 5.69 Å². The van der Waals surface area contributed by atoms with Gasteiger partial charge >= 0.3 is 5.97 Å². The van der Waals surface area contributed by atoms with E-state index in [0.717, 1.165) is 5.56 Å². The Morgan fingerprint density at radius 3 is 2.69 bits per heavy atom. The molecule has 4 heteroatoms. The largest absolute Gasteiger partial charge is 0.477 e. The number of aromatic carboxylic acids is 1. The molecule has 70 valence electrons. The lowest BCUT2D eigenvalue weighted by atomic mass is 10.1. The van der Waals surface area contributed by atoms with Crippen molar-refractivity contribution in [3.05, 3.63) is 29.6 Å². The Morgan fingerprint density at radius 1 is 1.62 bits per heavy atom. The Kier molecular flexibility index (Phi) is 2.97. The number of hydrogen-bond acceptors (Lipinski definition) is 3. The summed E-state index contributed by atoms with van der Waals surface area (Å²) >= 11 is 0. The zero-order valence-electron chi connectivity index (χ0n) is 7.27. The van der Waals surface area contributed by atoms with E-state index >= 15 is 0 Å². The predicted molar refractivity (Wildman–Crippen MR) is 46.6 cm³/mol. The van der Waals surface area contributed by atoms with Gasteiger partial charge < -0.3 is 10.2 Å². The number of aliphatic hydroxyl groups is 1. The maximum absolute atomic E-state index is 10.4. The van der Waals surface area contributed by atoms with Crippen molar-refractivity contribution < 1.29 is 15.0 Å². The topological polar surface area (TPSA) is 70.4 Å². The summed E-state index contributed by atoms with van der Waals surface area (Å²) < 4.78 is 0. The second-order valence-corrected chi connectivity index (χ2v) is 2.91. The van der Waals surface area contributed by atoms with Gasteiger partial charge in [0.25, 0.3) is 0 Å². The highest BCUT2D eigenvalue weighted by molar-refractivity contribution is 5.85. The quantitative estimate of drug-likeness (QED) is 0.720. The first kappa shape index (κ1) is 9.67. The van der Waals surface area contributed by atoms with Gasteiger partial charge in [0.2, 0.25) is 0 Å². The molecule has 1 atom stereocenters. The third kappa shape index (κ3) is 2.83. The molecule has 1 rings (SSSR count). The van der Waals surface area contributed by atoms with Gasteiger partial charge in [0.15, 0.2) is 0 Å². The zero-order chi connectivity index (χ0) is 9.84. The molecule has 0 fully saturated rings. The Labute approximate surface area is 75.9 Å². The maximum atomic E-state index is 10.4. The van der Waals surface area contributed by atoms with Crippen molar-refractivity contribution in [3.63, 3.8) is 0 Å².